The minimum absolute atomic E-state index is 0.190. The SMILES string of the molecule is CCc1ccc(C(=O)Nc2cccc([C@H]3NC(=S)N(C)C(C)=C3C(=O)OCC(C)C)c2)cc1. The van der Waals surface area contributed by atoms with Crippen LogP contribution in [0, 0.1) is 5.92 Å². The average molecular weight is 466 g/mol. The fourth-order valence-corrected chi connectivity index (χ4v) is 3.82. The van der Waals surface area contributed by atoms with Crippen LogP contribution >= 0.6 is 12.2 Å². The van der Waals surface area contributed by atoms with Gasteiger partial charge in [-0.25, -0.2) is 4.79 Å². The van der Waals surface area contributed by atoms with Crippen LogP contribution in [0.1, 0.15) is 55.2 Å². The van der Waals surface area contributed by atoms with Crippen LogP contribution in [0.3, 0.4) is 0 Å². The minimum Gasteiger partial charge on any atom is -0.462 e. The van der Waals surface area contributed by atoms with Gasteiger partial charge in [-0.15, -0.1) is 0 Å². The normalized spacial score (nSPS) is 16.0. The van der Waals surface area contributed by atoms with E-state index in [2.05, 4.69) is 17.6 Å². The molecule has 33 heavy (non-hydrogen) atoms. The fourth-order valence-electron chi connectivity index (χ4n) is 3.56. The molecule has 3 rings (SSSR count). The maximum absolute atomic E-state index is 13.0. The zero-order chi connectivity index (χ0) is 24.1. The number of benzene rings is 2. The molecule has 0 bridgehead atoms. The van der Waals surface area contributed by atoms with E-state index < -0.39 is 6.04 Å². The molecule has 0 aromatic heterocycles. The number of anilines is 1. The third kappa shape index (κ3) is 5.79. The molecule has 6 nitrogen and oxygen atoms in total. The number of nitrogens with one attached hydrogen (secondary N) is 2. The summed E-state index contributed by atoms with van der Waals surface area (Å²) in [6.45, 7) is 8.26. The Morgan fingerprint density at radius 1 is 1.18 bits per heavy atom. The second-order valence-corrected chi connectivity index (χ2v) is 8.95. The highest BCUT2D eigenvalue weighted by molar-refractivity contribution is 7.80. The van der Waals surface area contributed by atoms with Crippen LogP contribution in [0.25, 0.3) is 0 Å². The summed E-state index contributed by atoms with van der Waals surface area (Å²) >= 11 is 5.47. The number of carbonyl (C=O) groups excluding carboxylic acids is 2. The molecule has 0 unspecified atom stereocenters. The quantitative estimate of drug-likeness (QED) is 0.451. The van der Waals surface area contributed by atoms with Crippen LogP contribution < -0.4 is 10.6 Å². The van der Waals surface area contributed by atoms with E-state index in [0.29, 0.717) is 28.5 Å². The largest absolute Gasteiger partial charge is 0.462 e. The molecule has 7 heteroatoms. The molecule has 1 aliphatic heterocycles. The summed E-state index contributed by atoms with van der Waals surface area (Å²) < 4.78 is 5.54. The Balaban J connectivity index is 1.87. The van der Waals surface area contributed by atoms with Crippen molar-refractivity contribution < 1.29 is 14.3 Å². The molecule has 1 amide bonds. The van der Waals surface area contributed by atoms with Crippen molar-refractivity contribution in [3.63, 3.8) is 0 Å². The summed E-state index contributed by atoms with van der Waals surface area (Å²) in [6, 6.07) is 14.5. The predicted molar refractivity (Wildman–Crippen MR) is 135 cm³/mol. The summed E-state index contributed by atoms with van der Waals surface area (Å²) in [6.07, 6.45) is 0.921. The van der Waals surface area contributed by atoms with Crippen molar-refractivity contribution in [1.29, 1.82) is 0 Å². The molecule has 0 fully saturated rings. The molecule has 2 aromatic carbocycles. The number of carbonyl (C=O) groups is 2. The number of rotatable bonds is 7. The van der Waals surface area contributed by atoms with Gasteiger partial charge in [0.25, 0.3) is 5.91 Å². The van der Waals surface area contributed by atoms with Crippen LogP contribution in [0.15, 0.2) is 59.8 Å². The molecule has 2 aromatic rings. The van der Waals surface area contributed by atoms with E-state index in [9.17, 15) is 9.59 Å². The fraction of sp³-hybridized carbons (Fsp3) is 0.346. The van der Waals surface area contributed by atoms with Gasteiger partial charge in [0.2, 0.25) is 0 Å². The van der Waals surface area contributed by atoms with Crippen molar-refractivity contribution in [2.75, 3.05) is 19.0 Å². The van der Waals surface area contributed by atoms with Crippen molar-refractivity contribution in [1.82, 2.24) is 10.2 Å². The Morgan fingerprint density at radius 3 is 2.52 bits per heavy atom. The van der Waals surface area contributed by atoms with Gasteiger partial charge in [-0.3, -0.25) is 4.79 Å². The first-order valence-electron chi connectivity index (χ1n) is 11.1. The number of amides is 1. The number of allylic oxidation sites excluding steroid dienone is 1. The van der Waals surface area contributed by atoms with Gasteiger partial charge in [-0.2, -0.15) is 0 Å². The summed E-state index contributed by atoms with van der Waals surface area (Å²) in [7, 11) is 1.82. The van der Waals surface area contributed by atoms with Crippen molar-refractivity contribution in [3.05, 3.63) is 76.5 Å². The number of thiocarbonyl (C=S) groups is 1. The maximum Gasteiger partial charge on any atom is 0.338 e. The standard InChI is InChI=1S/C26H31N3O3S/c1-6-18-10-12-19(13-11-18)24(30)27-21-9-7-8-20(14-21)23-22(25(31)32-15-16(2)3)17(4)29(5)26(33)28-23/h7-14,16,23H,6,15H2,1-5H3,(H,27,30)(H,28,33)/t23-/m1/s1. The Labute approximate surface area is 201 Å². The topological polar surface area (TPSA) is 70.7 Å². The van der Waals surface area contributed by atoms with E-state index in [4.69, 9.17) is 17.0 Å². The monoisotopic (exact) mass is 465 g/mol. The van der Waals surface area contributed by atoms with E-state index in [-0.39, 0.29) is 17.8 Å². The Kier molecular flexibility index (Phi) is 7.87. The van der Waals surface area contributed by atoms with E-state index in [1.807, 2.05) is 76.3 Å². The number of esters is 1. The van der Waals surface area contributed by atoms with Gasteiger partial charge >= 0.3 is 5.97 Å². The lowest BCUT2D eigenvalue weighted by atomic mass is 9.94. The third-order valence-electron chi connectivity index (χ3n) is 5.62. The van der Waals surface area contributed by atoms with Crippen molar-refractivity contribution >= 4 is 34.9 Å². The van der Waals surface area contributed by atoms with Gasteiger partial charge < -0.3 is 20.3 Å². The molecule has 2 N–H and O–H groups in total. The number of hydrogen-bond donors (Lipinski definition) is 2. The molecule has 0 saturated heterocycles. The van der Waals surface area contributed by atoms with Crippen LogP contribution in [0.4, 0.5) is 5.69 Å². The molecule has 174 valence electrons. The highest BCUT2D eigenvalue weighted by atomic mass is 32.1. The smallest absolute Gasteiger partial charge is 0.338 e. The first kappa shape index (κ1) is 24.5. The lowest BCUT2D eigenvalue weighted by Crippen LogP contribution is -2.46. The molecular weight excluding hydrogens is 434 g/mol. The zero-order valence-electron chi connectivity index (χ0n) is 19.8. The van der Waals surface area contributed by atoms with Crippen LogP contribution in [-0.4, -0.2) is 35.5 Å². The lowest BCUT2D eigenvalue weighted by Gasteiger charge is -2.35. The van der Waals surface area contributed by atoms with Gasteiger partial charge in [0.1, 0.15) is 0 Å². The number of ether oxygens (including phenoxy) is 1. The predicted octanol–water partition coefficient (Wildman–Crippen LogP) is 4.84. The van der Waals surface area contributed by atoms with E-state index in [1.54, 1.807) is 4.90 Å². The molecule has 1 heterocycles. The summed E-state index contributed by atoms with van der Waals surface area (Å²) in [5.41, 5.74) is 4.45. The maximum atomic E-state index is 13.0. The minimum atomic E-state index is -0.478. The number of aryl methyl sites for hydroxylation is 1. The summed E-state index contributed by atoms with van der Waals surface area (Å²) in [5.74, 6) is -0.336. The van der Waals surface area contributed by atoms with Crippen LogP contribution in [0.2, 0.25) is 0 Å². The zero-order valence-corrected chi connectivity index (χ0v) is 20.6. The van der Waals surface area contributed by atoms with Crippen LogP contribution in [-0.2, 0) is 16.0 Å². The molecule has 0 spiro atoms. The summed E-state index contributed by atoms with van der Waals surface area (Å²) in [4.78, 5) is 27.5. The van der Waals surface area contributed by atoms with Crippen molar-refractivity contribution in [2.24, 2.45) is 5.92 Å². The van der Waals surface area contributed by atoms with Crippen molar-refractivity contribution in [2.45, 2.75) is 40.2 Å². The highest BCUT2D eigenvalue weighted by Crippen LogP contribution is 2.32. The molecular formula is C26H31N3O3S. The van der Waals surface area contributed by atoms with E-state index >= 15 is 0 Å². The number of hydrogen-bond acceptors (Lipinski definition) is 4. The first-order chi connectivity index (χ1) is 15.7. The van der Waals surface area contributed by atoms with Gasteiger partial charge in [-0.1, -0.05) is 45.0 Å². The first-order valence-corrected chi connectivity index (χ1v) is 11.5. The van der Waals surface area contributed by atoms with Crippen LogP contribution in [0.5, 0.6) is 0 Å². The van der Waals surface area contributed by atoms with Gasteiger partial charge in [0, 0.05) is 24.0 Å². The molecule has 0 aliphatic carbocycles. The Bertz CT molecular complexity index is 1080. The van der Waals surface area contributed by atoms with E-state index in [0.717, 1.165) is 17.7 Å². The molecule has 0 radical (unpaired) electrons. The molecule has 1 atom stereocenters. The average Bonchev–Trinajstić information content (AvgIpc) is 2.81. The lowest BCUT2D eigenvalue weighted by molar-refractivity contribution is -0.140. The second kappa shape index (κ2) is 10.6. The van der Waals surface area contributed by atoms with Gasteiger partial charge in [0.15, 0.2) is 5.11 Å². The molecule has 1 aliphatic rings. The Hall–Kier alpha value is -3.19. The van der Waals surface area contributed by atoms with Gasteiger partial charge in [0.05, 0.1) is 18.2 Å². The summed E-state index contributed by atoms with van der Waals surface area (Å²) in [5, 5.41) is 6.71. The highest BCUT2D eigenvalue weighted by Gasteiger charge is 2.33. The van der Waals surface area contributed by atoms with Crippen molar-refractivity contribution in [3.8, 4) is 0 Å². The Morgan fingerprint density at radius 2 is 1.88 bits per heavy atom. The second-order valence-electron chi connectivity index (χ2n) is 8.56. The number of nitrogens with zero attached hydrogens (tertiary/aromatic N) is 1. The van der Waals surface area contributed by atoms with Gasteiger partial charge in [-0.05, 0) is 66.9 Å². The third-order valence-corrected chi connectivity index (χ3v) is 6.02. The molecule has 0 saturated carbocycles. The van der Waals surface area contributed by atoms with E-state index in [1.165, 1.54) is 5.56 Å².